The smallest absolute Gasteiger partial charge is 0.145 e. The molecular weight excluding hydrogens is 462 g/mol. The second-order valence-corrected chi connectivity index (χ2v) is 9.10. The Bertz CT molecular complexity index is 1280. The molecule has 0 bridgehead atoms. The summed E-state index contributed by atoms with van der Waals surface area (Å²) in [6, 6.07) is 17.6. The van der Waals surface area contributed by atoms with Gasteiger partial charge >= 0.3 is 0 Å². The number of likely N-dealkylation sites (tertiary alicyclic amines) is 1. The van der Waals surface area contributed by atoms with Gasteiger partial charge in [0.15, 0.2) is 0 Å². The first-order valence-electron chi connectivity index (χ1n) is 11.8. The van der Waals surface area contributed by atoms with Crippen LogP contribution in [0, 0.1) is 0 Å². The van der Waals surface area contributed by atoms with E-state index in [1.54, 1.807) is 12.5 Å². The average molecular weight is 490 g/mol. The Morgan fingerprint density at radius 2 is 1.94 bits per heavy atom. The van der Waals surface area contributed by atoms with Crippen LogP contribution in [0.4, 0.5) is 11.5 Å². The van der Waals surface area contributed by atoms with E-state index in [-0.39, 0.29) is 0 Å². The van der Waals surface area contributed by atoms with Gasteiger partial charge in [-0.15, -0.1) is 0 Å². The normalized spacial score (nSPS) is 16.2. The molecule has 180 valence electrons. The Hall–Kier alpha value is -3.42. The molecule has 1 unspecified atom stereocenters. The molecule has 8 heteroatoms. The lowest BCUT2D eigenvalue weighted by molar-refractivity contribution is 0.126. The summed E-state index contributed by atoms with van der Waals surface area (Å²) in [7, 11) is 2.17. The van der Waals surface area contributed by atoms with Crippen LogP contribution < -0.4 is 14.8 Å². The van der Waals surface area contributed by atoms with E-state index in [1.807, 2.05) is 54.6 Å². The highest BCUT2D eigenvalue weighted by Crippen LogP contribution is 2.34. The fourth-order valence-electron chi connectivity index (χ4n) is 4.30. The molecule has 1 aliphatic rings. The monoisotopic (exact) mass is 489 g/mol. The number of benzene rings is 2. The second kappa shape index (κ2) is 10.9. The van der Waals surface area contributed by atoms with E-state index in [4.69, 9.17) is 21.1 Å². The first-order chi connectivity index (χ1) is 17.2. The fourth-order valence-corrected chi connectivity index (χ4v) is 4.54. The minimum Gasteiger partial charge on any atom is -0.491 e. The Labute approximate surface area is 210 Å². The van der Waals surface area contributed by atoms with Crippen LogP contribution in [0.5, 0.6) is 11.5 Å². The predicted molar refractivity (Wildman–Crippen MR) is 139 cm³/mol. The quantitative estimate of drug-likeness (QED) is 0.332. The Morgan fingerprint density at radius 3 is 2.77 bits per heavy atom. The van der Waals surface area contributed by atoms with Crippen LogP contribution in [0.2, 0.25) is 5.02 Å². The molecule has 1 atom stereocenters. The lowest BCUT2D eigenvalue weighted by atomic mass is 10.0. The maximum atomic E-state index is 6.51. The fraction of sp³-hybridized carbons (Fsp3) is 0.296. The van der Waals surface area contributed by atoms with Gasteiger partial charge in [0, 0.05) is 17.9 Å². The number of anilines is 2. The number of nitrogens with one attached hydrogen (secondary N) is 1. The summed E-state index contributed by atoms with van der Waals surface area (Å²) < 4.78 is 12.2. The molecule has 4 aromatic rings. The molecule has 2 aromatic carbocycles. The van der Waals surface area contributed by atoms with Gasteiger partial charge in [-0.1, -0.05) is 30.2 Å². The zero-order valence-corrected chi connectivity index (χ0v) is 20.4. The van der Waals surface area contributed by atoms with Crippen molar-refractivity contribution in [2.75, 3.05) is 25.5 Å². The molecule has 0 saturated carbocycles. The van der Waals surface area contributed by atoms with Crippen molar-refractivity contribution in [3.05, 3.63) is 77.8 Å². The molecule has 0 spiro atoms. The Morgan fingerprint density at radius 1 is 1.00 bits per heavy atom. The van der Waals surface area contributed by atoms with Crippen molar-refractivity contribution in [1.82, 2.24) is 19.9 Å². The molecule has 1 fully saturated rings. The topological polar surface area (TPSA) is 72.4 Å². The third kappa shape index (κ3) is 5.63. The molecule has 7 nitrogen and oxygen atoms in total. The average Bonchev–Trinajstić information content (AvgIpc) is 2.88. The summed E-state index contributed by atoms with van der Waals surface area (Å²) in [6.45, 7) is 2.10. The molecule has 35 heavy (non-hydrogen) atoms. The Kier molecular flexibility index (Phi) is 7.25. The number of fused-ring (bicyclic) bond motifs is 1. The first-order valence-corrected chi connectivity index (χ1v) is 12.2. The van der Waals surface area contributed by atoms with Gasteiger partial charge in [-0.2, -0.15) is 0 Å². The van der Waals surface area contributed by atoms with Gasteiger partial charge < -0.3 is 19.7 Å². The summed E-state index contributed by atoms with van der Waals surface area (Å²) in [6.07, 6.45) is 6.93. The summed E-state index contributed by atoms with van der Waals surface area (Å²) in [5.41, 5.74) is 2.45. The van der Waals surface area contributed by atoms with Crippen molar-refractivity contribution in [2.24, 2.45) is 0 Å². The van der Waals surface area contributed by atoms with Crippen LogP contribution in [0.25, 0.3) is 10.9 Å². The summed E-state index contributed by atoms with van der Waals surface area (Å²) in [4.78, 5) is 15.6. The van der Waals surface area contributed by atoms with Gasteiger partial charge in [0.05, 0.1) is 21.6 Å². The number of ether oxygens (including phenoxy) is 2. The van der Waals surface area contributed by atoms with Gasteiger partial charge in [0.2, 0.25) is 0 Å². The van der Waals surface area contributed by atoms with Gasteiger partial charge in [-0.3, -0.25) is 4.98 Å². The van der Waals surface area contributed by atoms with E-state index in [1.165, 1.54) is 12.8 Å². The number of rotatable bonds is 8. The van der Waals surface area contributed by atoms with Crippen molar-refractivity contribution in [2.45, 2.75) is 31.9 Å². The van der Waals surface area contributed by atoms with Crippen molar-refractivity contribution in [1.29, 1.82) is 0 Å². The number of hydrogen-bond acceptors (Lipinski definition) is 7. The van der Waals surface area contributed by atoms with E-state index >= 15 is 0 Å². The van der Waals surface area contributed by atoms with Crippen molar-refractivity contribution in [3.8, 4) is 11.5 Å². The summed E-state index contributed by atoms with van der Waals surface area (Å²) in [5, 5.41) is 4.73. The molecule has 1 aliphatic heterocycles. The van der Waals surface area contributed by atoms with Crippen LogP contribution in [0.15, 0.2) is 67.1 Å². The van der Waals surface area contributed by atoms with Crippen LogP contribution >= 0.6 is 11.6 Å². The van der Waals surface area contributed by atoms with E-state index in [0.717, 1.165) is 41.0 Å². The molecule has 5 rings (SSSR count). The van der Waals surface area contributed by atoms with Gasteiger partial charge in [0.1, 0.15) is 36.9 Å². The second-order valence-electron chi connectivity index (χ2n) is 8.69. The number of nitrogens with zero attached hydrogens (tertiary/aromatic N) is 4. The minimum atomic E-state index is 0.348. The largest absolute Gasteiger partial charge is 0.491 e. The van der Waals surface area contributed by atoms with E-state index in [0.29, 0.717) is 35.8 Å². The molecule has 0 amide bonds. The van der Waals surface area contributed by atoms with Crippen LogP contribution in [-0.2, 0) is 6.61 Å². The number of likely N-dealkylation sites (N-methyl/N-ethyl adjacent to an activating group) is 1. The predicted octanol–water partition coefficient (Wildman–Crippen LogP) is 5.86. The molecule has 3 heterocycles. The zero-order chi connectivity index (χ0) is 24.0. The van der Waals surface area contributed by atoms with Gasteiger partial charge in [0.25, 0.3) is 0 Å². The van der Waals surface area contributed by atoms with Crippen LogP contribution in [0.3, 0.4) is 0 Å². The standard InChI is InChI=1S/C27H28ClN5O2/c1-33-14-5-3-8-21(33)17-35-25-10-6-9-23-26(25)27(31-18-30-23)32-19-11-12-24(22(28)15-19)34-16-20-7-2-4-13-29-20/h2,4,6-7,9-13,15,18,21H,3,5,8,14,16-17H2,1H3,(H,30,31,32). The number of pyridine rings is 1. The maximum absolute atomic E-state index is 6.51. The summed E-state index contributed by atoms with van der Waals surface area (Å²) >= 11 is 6.51. The van der Waals surface area contributed by atoms with Gasteiger partial charge in [-0.05, 0) is 68.9 Å². The SMILES string of the molecule is CN1CCCCC1COc1cccc2ncnc(Nc3ccc(OCc4ccccn4)c(Cl)c3)c12. The third-order valence-electron chi connectivity index (χ3n) is 6.27. The van der Waals surface area contributed by atoms with Gasteiger partial charge in [-0.25, -0.2) is 9.97 Å². The zero-order valence-electron chi connectivity index (χ0n) is 19.7. The third-order valence-corrected chi connectivity index (χ3v) is 6.57. The summed E-state index contributed by atoms with van der Waals surface area (Å²) in [5.74, 6) is 2.03. The number of hydrogen-bond donors (Lipinski definition) is 1. The molecule has 0 radical (unpaired) electrons. The number of halogens is 1. The van der Waals surface area contributed by atoms with E-state index in [2.05, 4.69) is 32.2 Å². The van der Waals surface area contributed by atoms with Crippen molar-refractivity contribution < 1.29 is 9.47 Å². The Balaban J connectivity index is 1.33. The van der Waals surface area contributed by atoms with Crippen LogP contribution in [0.1, 0.15) is 25.0 Å². The molecule has 1 N–H and O–H groups in total. The van der Waals surface area contributed by atoms with Crippen LogP contribution in [-0.4, -0.2) is 46.1 Å². The lowest BCUT2D eigenvalue weighted by Crippen LogP contribution is -2.40. The maximum Gasteiger partial charge on any atom is 0.145 e. The molecule has 0 aliphatic carbocycles. The van der Waals surface area contributed by atoms with E-state index in [9.17, 15) is 0 Å². The minimum absolute atomic E-state index is 0.348. The molecule has 1 saturated heterocycles. The highest BCUT2D eigenvalue weighted by Gasteiger charge is 2.20. The van der Waals surface area contributed by atoms with E-state index < -0.39 is 0 Å². The number of piperidine rings is 1. The van der Waals surface area contributed by atoms with Crippen molar-refractivity contribution >= 4 is 34.0 Å². The highest BCUT2D eigenvalue weighted by atomic mass is 35.5. The first kappa shape index (κ1) is 23.3. The number of aromatic nitrogens is 3. The molecular formula is C27H28ClN5O2. The highest BCUT2D eigenvalue weighted by molar-refractivity contribution is 6.32. The lowest BCUT2D eigenvalue weighted by Gasteiger charge is -2.32. The molecule has 2 aromatic heterocycles. The van der Waals surface area contributed by atoms with Crippen molar-refractivity contribution in [3.63, 3.8) is 0 Å².